The van der Waals surface area contributed by atoms with E-state index in [-0.39, 0.29) is 37.1 Å². The van der Waals surface area contributed by atoms with Crippen molar-refractivity contribution in [2.45, 2.75) is 29.7 Å². The van der Waals surface area contributed by atoms with Gasteiger partial charge in [0.15, 0.2) is 5.78 Å². The summed E-state index contributed by atoms with van der Waals surface area (Å²) in [7, 11) is -8.07. The lowest BCUT2D eigenvalue weighted by molar-refractivity contribution is -0.126. The van der Waals surface area contributed by atoms with E-state index < -0.39 is 42.9 Å². The van der Waals surface area contributed by atoms with Gasteiger partial charge in [-0.2, -0.15) is 27.1 Å². The first-order valence-corrected chi connectivity index (χ1v) is 15.2. The summed E-state index contributed by atoms with van der Waals surface area (Å²) < 4.78 is 73.2. The number of hydrogen-bond donors (Lipinski definition) is 3. The average molecular weight is 619 g/mol. The zero-order chi connectivity index (χ0) is 30.1. The smallest absolute Gasteiger partial charge is 0.296 e. The third-order valence-electron chi connectivity index (χ3n) is 5.73. The van der Waals surface area contributed by atoms with Crippen LogP contribution in [0.15, 0.2) is 74.6 Å². The van der Waals surface area contributed by atoms with Gasteiger partial charge in [0.25, 0.3) is 26.1 Å². The van der Waals surface area contributed by atoms with Gasteiger partial charge in [-0.05, 0) is 55.8 Å². The van der Waals surface area contributed by atoms with Crippen LogP contribution in [0.25, 0.3) is 20.8 Å². The van der Waals surface area contributed by atoms with Gasteiger partial charge < -0.3 is 10.1 Å². The molecule has 3 N–H and O–H groups in total. The first-order chi connectivity index (χ1) is 19.2. The highest BCUT2D eigenvalue weighted by molar-refractivity contribution is 7.86. The molecule has 41 heavy (non-hydrogen) atoms. The molecule has 0 unspecified atom stereocenters. The second-order valence-corrected chi connectivity index (χ2v) is 12.4. The van der Waals surface area contributed by atoms with Crippen molar-refractivity contribution < 1.29 is 40.3 Å². The predicted octanol–water partition coefficient (Wildman–Crippen LogP) is 4.45. The van der Waals surface area contributed by atoms with Gasteiger partial charge in [0.1, 0.15) is 26.2 Å². The Morgan fingerprint density at radius 2 is 1.73 bits per heavy atom. The lowest BCUT2D eigenvalue weighted by Crippen LogP contribution is -2.32. The summed E-state index contributed by atoms with van der Waals surface area (Å²) in [5, 5.41) is 10.2. The number of rotatable bonds is 9. The summed E-state index contributed by atoms with van der Waals surface area (Å²) in [5.74, 6) is -1.21. The number of nitrogens with one attached hydrogen (secondary N) is 1. The molecule has 214 valence electrons. The van der Waals surface area contributed by atoms with Crippen LogP contribution in [-0.2, 0) is 29.8 Å². The van der Waals surface area contributed by atoms with Crippen LogP contribution in [0.1, 0.15) is 12.5 Å². The molecule has 0 saturated carbocycles. The van der Waals surface area contributed by atoms with Crippen molar-refractivity contribution in [3.63, 3.8) is 0 Å². The van der Waals surface area contributed by atoms with Gasteiger partial charge in [-0.1, -0.05) is 18.2 Å². The quantitative estimate of drug-likeness (QED) is 0.137. The van der Waals surface area contributed by atoms with Crippen LogP contribution in [0.5, 0.6) is 5.75 Å². The van der Waals surface area contributed by atoms with E-state index >= 15 is 0 Å². The Bertz CT molecular complexity index is 1930. The van der Waals surface area contributed by atoms with Crippen LogP contribution >= 0.6 is 11.3 Å². The van der Waals surface area contributed by atoms with Gasteiger partial charge >= 0.3 is 0 Å². The number of carbonyl (C=O) groups excluding carboxylic acids is 2. The van der Waals surface area contributed by atoms with Crippen molar-refractivity contribution in [3.05, 3.63) is 60.2 Å². The molecule has 0 fully saturated rings. The number of nitrogens with zero attached hydrogens (tertiary/aromatic N) is 3. The van der Waals surface area contributed by atoms with E-state index in [1.54, 1.807) is 30.3 Å². The number of Topliss-reactive ketones (excluding diaryl/α,β-unsaturated/α-hetero) is 1. The van der Waals surface area contributed by atoms with E-state index in [4.69, 9.17) is 4.74 Å². The number of para-hydroxylation sites is 2. The number of ether oxygens (including phenoxy) is 1. The molecule has 16 heteroatoms. The van der Waals surface area contributed by atoms with Crippen LogP contribution in [0.3, 0.4) is 0 Å². The molecule has 0 radical (unpaired) electrons. The van der Waals surface area contributed by atoms with Gasteiger partial charge in [-0.25, -0.2) is 4.98 Å². The molecule has 0 bridgehead atoms. The summed E-state index contributed by atoms with van der Waals surface area (Å²) in [4.78, 5) is 28.3. The van der Waals surface area contributed by atoms with Crippen molar-refractivity contribution in [2.24, 2.45) is 10.2 Å². The number of ketones is 1. The van der Waals surface area contributed by atoms with Crippen LogP contribution < -0.4 is 10.1 Å². The van der Waals surface area contributed by atoms with Crippen molar-refractivity contribution in [1.29, 1.82) is 0 Å². The fraction of sp³-hybridized carbons (Fsp3) is 0.160. The average Bonchev–Trinajstić information content (AvgIpc) is 3.31. The van der Waals surface area contributed by atoms with E-state index in [9.17, 15) is 35.5 Å². The Kier molecular flexibility index (Phi) is 8.32. The number of methoxy groups -OCH3 is 1. The van der Waals surface area contributed by atoms with Gasteiger partial charge in [0.2, 0.25) is 6.04 Å². The number of amides is 1. The van der Waals surface area contributed by atoms with E-state index in [2.05, 4.69) is 20.5 Å². The van der Waals surface area contributed by atoms with Gasteiger partial charge in [-0.15, -0.1) is 11.3 Å². The highest BCUT2D eigenvalue weighted by atomic mass is 32.2. The number of anilines is 1. The standard InChI is InChI=1S/C25H22N4O9S3/c1-13-8-10-18-22(23(13)41(35,36)37)39-25(27-18)15-9-11-17(20(12-15)40(32,33)34)28-29-21(14(2)30)24(31)26-16-6-4-5-7-19(16)38-3/h4-12,21H,1-3H3,(H,26,31)(H,32,33,34)(H,35,36,37)/t21-/m0/s1. The molecule has 4 aromatic rings. The first-order valence-electron chi connectivity index (χ1n) is 11.6. The maximum atomic E-state index is 12.8. The zero-order valence-electron chi connectivity index (χ0n) is 21.6. The number of hydrogen-bond acceptors (Lipinski definition) is 11. The Morgan fingerprint density at radius 1 is 1.02 bits per heavy atom. The molecule has 4 rings (SSSR count). The predicted molar refractivity (Wildman–Crippen MR) is 150 cm³/mol. The van der Waals surface area contributed by atoms with Crippen molar-refractivity contribution in [1.82, 2.24) is 4.98 Å². The second-order valence-electron chi connectivity index (χ2n) is 8.63. The lowest BCUT2D eigenvalue weighted by Gasteiger charge is -2.12. The molecule has 0 spiro atoms. The molecule has 1 aromatic heterocycles. The summed E-state index contributed by atoms with van der Waals surface area (Å²) in [6.45, 7) is 2.61. The Balaban J connectivity index is 1.73. The summed E-state index contributed by atoms with van der Waals surface area (Å²) in [6, 6.07) is 11.4. The van der Waals surface area contributed by atoms with Crippen LogP contribution in [0.2, 0.25) is 0 Å². The first kappa shape index (κ1) is 29.9. The summed E-state index contributed by atoms with van der Waals surface area (Å²) >= 11 is 0.885. The number of aromatic nitrogens is 1. The van der Waals surface area contributed by atoms with Crippen LogP contribution in [0.4, 0.5) is 11.4 Å². The second kappa shape index (κ2) is 11.4. The zero-order valence-corrected chi connectivity index (χ0v) is 24.0. The van der Waals surface area contributed by atoms with Gasteiger partial charge in [-0.3, -0.25) is 18.7 Å². The normalized spacial score (nSPS) is 12.9. The van der Waals surface area contributed by atoms with E-state index in [1.807, 2.05) is 0 Å². The largest absolute Gasteiger partial charge is 0.495 e. The highest BCUT2D eigenvalue weighted by Crippen LogP contribution is 2.38. The maximum absolute atomic E-state index is 12.8. The number of benzene rings is 3. The summed E-state index contributed by atoms with van der Waals surface area (Å²) in [5.41, 5.74) is 0.606. The fourth-order valence-corrected chi connectivity index (χ4v) is 6.79. The molecule has 1 atom stereocenters. The molecule has 1 amide bonds. The molecule has 3 aromatic carbocycles. The Labute approximate surface area is 238 Å². The van der Waals surface area contributed by atoms with Gasteiger partial charge in [0.05, 0.1) is 23.0 Å². The highest BCUT2D eigenvalue weighted by Gasteiger charge is 2.26. The molecule has 1 heterocycles. The van der Waals surface area contributed by atoms with Crippen molar-refractivity contribution in [2.75, 3.05) is 12.4 Å². The minimum atomic E-state index is -4.89. The molecule has 0 aliphatic heterocycles. The van der Waals surface area contributed by atoms with Crippen molar-refractivity contribution in [3.8, 4) is 16.3 Å². The summed E-state index contributed by atoms with van der Waals surface area (Å²) in [6.07, 6.45) is 0. The Morgan fingerprint density at radius 3 is 2.37 bits per heavy atom. The third-order valence-corrected chi connectivity index (χ3v) is 8.92. The molecule has 0 aliphatic rings. The van der Waals surface area contributed by atoms with Crippen LogP contribution in [0, 0.1) is 6.92 Å². The minimum absolute atomic E-state index is 0.157. The number of carbonyl (C=O) groups is 2. The van der Waals surface area contributed by atoms with E-state index in [0.29, 0.717) is 11.3 Å². The maximum Gasteiger partial charge on any atom is 0.296 e. The number of aryl methyl sites for hydroxylation is 1. The van der Waals surface area contributed by atoms with Crippen molar-refractivity contribution >= 4 is 64.9 Å². The van der Waals surface area contributed by atoms with Gasteiger partial charge in [0, 0.05) is 5.56 Å². The van der Waals surface area contributed by atoms with Crippen LogP contribution in [-0.4, -0.2) is 55.8 Å². The SMILES string of the molecule is COc1ccccc1NC(=O)[C@@H](N=Nc1ccc(-c2nc3ccc(C)c(S(=O)(=O)O)c3s2)cc1S(=O)(=O)O)C(C)=O. The topological polar surface area (TPSA) is 202 Å². The molecular formula is C25H22N4O9S3. The van der Waals surface area contributed by atoms with E-state index in [0.717, 1.165) is 24.3 Å². The molecule has 0 saturated heterocycles. The monoisotopic (exact) mass is 618 g/mol. The molecule has 13 nitrogen and oxygen atoms in total. The third kappa shape index (κ3) is 6.47. The Hall–Kier alpha value is -4.09. The minimum Gasteiger partial charge on any atom is -0.495 e. The number of azo groups is 1. The lowest BCUT2D eigenvalue weighted by atomic mass is 10.2. The molecule has 0 aliphatic carbocycles. The number of thiazole rings is 1. The number of fused-ring (bicyclic) bond motifs is 1. The fourth-order valence-electron chi connectivity index (χ4n) is 3.83. The molecular weight excluding hydrogens is 596 g/mol. The van der Waals surface area contributed by atoms with E-state index in [1.165, 1.54) is 32.2 Å².